The van der Waals surface area contributed by atoms with Gasteiger partial charge in [-0.05, 0) is 73.9 Å². The van der Waals surface area contributed by atoms with Crippen LogP contribution in [-0.4, -0.2) is 33.9 Å². The highest BCUT2D eigenvalue weighted by Gasteiger charge is 2.28. The third kappa shape index (κ3) is 4.68. The maximum Gasteiger partial charge on any atom is 0.341 e. The molecule has 3 aromatic rings. The fourth-order valence-electron chi connectivity index (χ4n) is 3.76. The first kappa shape index (κ1) is 23.5. The van der Waals surface area contributed by atoms with E-state index in [2.05, 4.69) is 5.32 Å². The number of esters is 1. The molecule has 1 N–H and O–H groups in total. The molecule has 0 aliphatic heterocycles. The van der Waals surface area contributed by atoms with Crippen LogP contribution in [0.1, 0.15) is 50.9 Å². The highest BCUT2D eigenvalue weighted by molar-refractivity contribution is 7.94. The zero-order chi connectivity index (χ0) is 23.6. The molecule has 1 aliphatic rings. The van der Waals surface area contributed by atoms with Crippen LogP contribution in [0.5, 0.6) is 0 Å². The van der Waals surface area contributed by atoms with Crippen LogP contribution in [0.3, 0.4) is 0 Å². The number of nitrogens with one attached hydrogen (secondary N) is 1. The van der Waals surface area contributed by atoms with Crippen LogP contribution in [-0.2, 0) is 27.6 Å². The van der Waals surface area contributed by atoms with Gasteiger partial charge in [-0.15, -0.1) is 22.7 Å². The molecule has 0 fully saturated rings. The lowest BCUT2D eigenvalue weighted by molar-refractivity contribution is 0.0526. The Bertz CT molecular complexity index is 1260. The number of nitrogens with zero attached hydrogens (tertiary/aromatic N) is 1. The van der Waals surface area contributed by atoms with E-state index in [0.717, 1.165) is 47.5 Å². The molecule has 1 aliphatic carbocycles. The molecule has 0 spiro atoms. The SMILES string of the molecule is CCOC(=O)c1c(NC(=O)c2ccc(N(C)S(=O)(=O)c3cccs3)cc2)sc2c1CCCC2. The molecule has 174 valence electrons. The van der Waals surface area contributed by atoms with Gasteiger partial charge in [0.05, 0.1) is 17.9 Å². The van der Waals surface area contributed by atoms with Crippen molar-refractivity contribution in [3.05, 3.63) is 63.3 Å². The van der Waals surface area contributed by atoms with Crippen molar-refractivity contribution in [2.24, 2.45) is 0 Å². The van der Waals surface area contributed by atoms with Crippen molar-refractivity contribution in [1.29, 1.82) is 0 Å². The topological polar surface area (TPSA) is 92.8 Å². The lowest BCUT2D eigenvalue weighted by Gasteiger charge is -2.18. The van der Waals surface area contributed by atoms with Gasteiger partial charge in [-0.1, -0.05) is 6.07 Å². The molecule has 10 heteroatoms. The average Bonchev–Trinajstić information content (AvgIpc) is 3.47. The van der Waals surface area contributed by atoms with Gasteiger partial charge in [0.2, 0.25) is 0 Å². The number of hydrogen-bond donors (Lipinski definition) is 1. The van der Waals surface area contributed by atoms with E-state index in [1.807, 2.05) is 0 Å². The standard InChI is InChI=1S/C23H24N2O5S3/c1-3-30-23(27)20-17-7-4-5-8-18(17)32-22(20)24-21(26)15-10-12-16(13-11-15)25(2)33(28,29)19-9-6-14-31-19/h6,9-14H,3-5,7-8H2,1-2H3,(H,24,26). The minimum absolute atomic E-state index is 0.250. The summed E-state index contributed by atoms with van der Waals surface area (Å²) in [6.45, 7) is 2.02. The molecule has 2 aromatic heterocycles. The number of fused-ring (bicyclic) bond motifs is 1. The summed E-state index contributed by atoms with van der Waals surface area (Å²) in [7, 11) is -2.17. The zero-order valence-corrected chi connectivity index (χ0v) is 20.7. The van der Waals surface area contributed by atoms with Crippen LogP contribution in [0.15, 0.2) is 46.0 Å². The largest absolute Gasteiger partial charge is 0.462 e. The van der Waals surface area contributed by atoms with Crippen LogP contribution < -0.4 is 9.62 Å². The van der Waals surface area contributed by atoms with Gasteiger partial charge in [-0.25, -0.2) is 13.2 Å². The highest BCUT2D eigenvalue weighted by Crippen LogP contribution is 2.39. The number of anilines is 2. The Hall–Kier alpha value is -2.69. The summed E-state index contributed by atoms with van der Waals surface area (Å²) in [5.41, 5.74) is 2.25. The Morgan fingerprint density at radius 3 is 2.52 bits per heavy atom. The molecular weight excluding hydrogens is 480 g/mol. The quantitative estimate of drug-likeness (QED) is 0.460. The summed E-state index contributed by atoms with van der Waals surface area (Å²) in [5.74, 6) is -0.780. The number of thiophene rings is 2. The fourth-order valence-corrected chi connectivity index (χ4v) is 7.38. The normalized spacial score (nSPS) is 13.3. The number of carbonyl (C=O) groups excluding carboxylic acids is 2. The van der Waals surface area contributed by atoms with Crippen LogP contribution in [0.2, 0.25) is 0 Å². The number of rotatable bonds is 7. The second-order valence-electron chi connectivity index (χ2n) is 7.54. The summed E-state index contributed by atoms with van der Waals surface area (Å²) in [6.07, 6.45) is 3.76. The molecule has 0 radical (unpaired) electrons. The number of aryl methyl sites for hydroxylation is 1. The van der Waals surface area contributed by atoms with Crippen LogP contribution in [0, 0.1) is 0 Å². The summed E-state index contributed by atoms with van der Waals surface area (Å²) in [6, 6.07) is 9.56. The number of hydrogen-bond acceptors (Lipinski definition) is 7. The van der Waals surface area contributed by atoms with Crippen LogP contribution in [0.25, 0.3) is 0 Å². The van der Waals surface area contributed by atoms with Gasteiger partial charge in [0.15, 0.2) is 0 Å². The molecule has 2 heterocycles. The third-order valence-electron chi connectivity index (χ3n) is 5.48. The molecule has 0 saturated heterocycles. The molecule has 0 atom stereocenters. The number of ether oxygens (including phenoxy) is 1. The van der Waals surface area contributed by atoms with E-state index in [9.17, 15) is 18.0 Å². The minimum Gasteiger partial charge on any atom is -0.462 e. The van der Waals surface area contributed by atoms with Gasteiger partial charge in [-0.3, -0.25) is 9.10 Å². The van der Waals surface area contributed by atoms with Gasteiger partial charge in [0.1, 0.15) is 9.21 Å². The van der Waals surface area contributed by atoms with E-state index < -0.39 is 16.0 Å². The van der Waals surface area contributed by atoms with Crippen LogP contribution >= 0.6 is 22.7 Å². The molecular formula is C23H24N2O5S3. The van der Waals surface area contributed by atoms with E-state index in [-0.39, 0.29) is 16.7 Å². The maximum absolute atomic E-state index is 12.9. The van der Waals surface area contributed by atoms with Crippen molar-refractivity contribution in [3.63, 3.8) is 0 Å². The Labute approximate surface area is 201 Å². The molecule has 7 nitrogen and oxygen atoms in total. The number of sulfonamides is 1. The summed E-state index contributed by atoms with van der Waals surface area (Å²) >= 11 is 2.58. The van der Waals surface area contributed by atoms with E-state index >= 15 is 0 Å². The van der Waals surface area contributed by atoms with Crippen molar-refractivity contribution in [2.45, 2.75) is 36.8 Å². The number of amides is 1. The first-order valence-corrected chi connectivity index (χ1v) is 13.7. The second kappa shape index (κ2) is 9.66. The van der Waals surface area contributed by atoms with Crippen molar-refractivity contribution >= 4 is 55.3 Å². The van der Waals surface area contributed by atoms with Gasteiger partial charge < -0.3 is 10.1 Å². The molecule has 1 amide bonds. The Morgan fingerprint density at radius 2 is 1.85 bits per heavy atom. The maximum atomic E-state index is 12.9. The lowest BCUT2D eigenvalue weighted by atomic mass is 9.95. The van der Waals surface area contributed by atoms with E-state index in [4.69, 9.17) is 4.74 Å². The molecule has 0 bridgehead atoms. The first-order chi connectivity index (χ1) is 15.8. The van der Waals surface area contributed by atoms with Gasteiger partial charge >= 0.3 is 5.97 Å². The summed E-state index contributed by atoms with van der Waals surface area (Å²) < 4.78 is 32.1. The van der Waals surface area contributed by atoms with Crippen molar-refractivity contribution < 1.29 is 22.7 Å². The van der Waals surface area contributed by atoms with Crippen LogP contribution in [0.4, 0.5) is 10.7 Å². The summed E-state index contributed by atoms with van der Waals surface area (Å²) in [5, 5.41) is 5.09. The monoisotopic (exact) mass is 504 g/mol. The van der Waals surface area contributed by atoms with Crippen molar-refractivity contribution in [3.8, 4) is 0 Å². The zero-order valence-electron chi connectivity index (χ0n) is 18.3. The average molecular weight is 505 g/mol. The van der Waals surface area contributed by atoms with Gasteiger partial charge in [0, 0.05) is 17.5 Å². The lowest BCUT2D eigenvalue weighted by Crippen LogP contribution is -2.25. The molecule has 0 unspecified atom stereocenters. The summed E-state index contributed by atoms with van der Waals surface area (Å²) in [4.78, 5) is 26.7. The van der Waals surface area contributed by atoms with Crippen molar-refractivity contribution in [1.82, 2.24) is 0 Å². The molecule has 1 aromatic carbocycles. The predicted octanol–water partition coefficient (Wildman–Crippen LogP) is 4.94. The number of benzene rings is 1. The van der Waals surface area contributed by atoms with E-state index in [0.29, 0.717) is 21.8 Å². The second-order valence-corrected chi connectivity index (χ2v) is 11.8. The third-order valence-corrected chi connectivity index (χ3v) is 9.85. The first-order valence-electron chi connectivity index (χ1n) is 10.6. The van der Waals surface area contributed by atoms with E-state index in [1.54, 1.807) is 48.7 Å². The molecule has 33 heavy (non-hydrogen) atoms. The fraction of sp³-hybridized carbons (Fsp3) is 0.304. The Morgan fingerprint density at radius 1 is 1.12 bits per heavy atom. The van der Waals surface area contributed by atoms with Crippen molar-refractivity contribution in [2.75, 3.05) is 23.3 Å². The molecule has 4 rings (SSSR count). The smallest absolute Gasteiger partial charge is 0.341 e. The Balaban J connectivity index is 1.55. The molecule has 0 saturated carbocycles. The van der Waals surface area contributed by atoms with Gasteiger partial charge in [0.25, 0.3) is 15.9 Å². The highest BCUT2D eigenvalue weighted by atomic mass is 32.2. The van der Waals surface area contributed by atoms with E-state index in [1.165, 1.54) is 22.7 Å². The number of carbonyl (C=O) groups is 2. The Kier molecular flexibility index (Phi) is 6.87. The van der Waals surface area contributed by atoms with Gasteiger partial charge in [-0.2, -0.15) is 0 Å². The predicted molar refractivity (Wildman–Crippen MR) is 131 cm³/mol. The minimum atomic E-state index is -3.65.